The summed E-state index contributed by atoms with van der Waals surface area (Å²) in [6, 6.07) is -0.0624. The zero-order valence-electron chi connectivity index (χ0n) is 9.12. The van der Waals surface area contributed by atoms with Gasteiger partial charge in [-0.1, -0.05) is 19.1 Å². The van der Waals surface area contributed by atoms with E-state index in [0.29, 0.717) is 0 Å². The highest BCUT2D eigenvalue weighted by Gasteiger charge is 2.24. The van der Waals surface area contributed by atoms with Gasteiger partial charge in [0.15, 0.2) is 0 Å². The molecule has 0 aromatic carbocycles. The number of likely N-dealkylation sites (tertiary alicyclic amines) is 1. The SMILES string of the molecule is C=C1CCN(C(=O)C(C)C(C)N)CC1. The molecular formula is C11H20N2O. The van der Waals surface area contributed by atoms with Crippen molar-refractivity contribution in [2.45, 2.75) is 32.7 Å². The third-order valence-corrected chi connectivity index (χ3v) is 2.96. The van der Waals surface area contributed by atoms with Gasteiger partial charge in [0.25, 0.3) is 0 Å². The second-order valence-electron chi connectivity index (χ2n) is 4.22. The molecule has 1 amide bonds. The van der Waals surface area contributed by atoms with Crippen LogP contribution in [0.1, 0.15) is 26.7 Å². The molecule has 1 heterocycles. The molecule has 0 saturated carbocycles. The van der Waals surface area contributed by atoms with E-state index in [0.717, 1.165) is 25.9 Å². The zero-order chi connectivity index (χ0) is 10.7. The highest BCUT2D eigenvalue weighted by molar-refractivity contribution is 5.79. The lowest BCUT2D eigenvalue weighted by atomic mass is 10.00. The third kappa shape index (κ3) is 2.58. The molecule has 2 N–H and O–H groups in total. The molecular weight excluding hydrogens is 176 g/mol. The van der Waals surface area contributed by atoms with Crippen LogP contribution in [0.25, 0.3) is 0 Å². The summed E-state index contributed by atoms with van der Waals surface area (Å²) >= 11 is 0. The highest BCUT2D eigenvalue weighted by atomic mass is 16.2. The van der Waals surface area contributed by atoms with E-state index in [4.69, 9.17) is 5.73 Å². The molecule has 3 heteroatoms. The number of amides is 1. The molecule has 0 aliphatic carbocycles. The lowest BCUT2D eigenvalue weighted by Crippen LogP contribution is -2.44. The molecule has 0 aromatic heterocycles. The van der Waals surface area contributed by atoms with Crippen LogP contribution in [0.3, 0.4) is 0 Å². The molecule has 1 fully saturated rings. The Balaban J connectivity index is 2.49. The van der Waals surface area contributed by atoms with Gasteiger partial charge in [-0.3, -0.25) is 4.79 Å². The number of carbonyl (C=O) groups excluding carboxylic acids is 1. The molecule has 80 valence electrons. The van der Waals surface area contributed by atoms with E-state index in [-0.39, 0.29) is 17.9 Å². The van der Waals surface area contributed by atoms with E-state index in [9.17, 15) is 4.79 Å². The van der Waals surface area contributed by atoms with Gasteiger partial charge in [0.2, 0.25) is 5.91 Å². The Hall–Kier alpha value is -0.830. The molecule has 1 aliphatic heterocycles. The number of nitrogens with zero attached hydrogens (tertiary/aromatic N) is 1. The van der Waals surface area contributed by atoms with E-state index < -0.39 is 0 Å². The molecule has 0 bridgehead atoms. The maximum absolute atomic E-state index is 11.9. The van der Waals surface area contributed by atoms with Crippen LogP contribution >= 0.6 is 0 Å². The molecule has 3 nitrogen and oxygen atoms in total. The summed E-state index contributed by atoms with van der Waals surface area (Å²) < 4.78 is 0. The van der Waals surface area contributed by atoms with Crippen molar-refractivity contribution in [3.63, 3.8) is 0 Å². The Kier molecular flexibility index (Phi) is 3.69. The first kappa shape index (κ1) is 11.2. The molecule has 1 saturated heterocycles. The lowest BCUT2D eigenvalue weighted by Gasteiger charge is -2.31. The summed E-state index contributed by atoms with van der Waals surface area (Å²) in [5.41, 5.74) is 6.96. The average molecular weight is 196 g/mol. The van der Waals surface area contributed by atoms with Crippen molar-refractivity contribution in [1.29, 1.82) is 0 Å². The predicted octanol–water partition coefficient (Wildman–Crippen LogP) is 1.15. The minimum Gasteiger partial charge on any atom is -0.342 e. The van der Waals surface area contributed by atoms with Crippen molar-refractivity contribution in [3.05, 3.63) is 12.2 Å². The number of piperidine rings is 1. The summed E-state index contributed by atoms with van der Waals surface area (Å²) in [5.74, 6) is 0.119. The quantitative estimate of drug-likeness (QED) is 0.673. The Bertz CT molecular complexity index is 225. The Morgan fingerprint density at radius 1 is 1.43 bits per heavy atom. The van der Waals surface area contributed by atoms with Gasteiger partial charge in [0, 0.05) is 19.1 Å². The van der Waals surface area contributed by atoms with Gasteiger partial charge >= 0.3 is 0 Å². The summed E-state index contributed by atoms with van der Waals surface area (Å²) in [7, 11) is 0. The topological polar surface area (TPSA) is 46.3 Å². The first-order valence-corrected chi connectivity index (χ1v) is 5.23. The van der Waals surface area contributed by atoms with Crippen LogP contribution in [-0.2, 0) is 4.79 Å². The normalized spacial score (nSPS) is 21.9. The van der Waals surface area contributed by atoms with Gasteiger partial charge in [0.1, 0.15) is 0 Å². The fourth-order valence-corrected chi connectivity index (χ4v) is 1.56. The van der Waals surface area contributed by atoms with Gasteiger partial charge in [-0.25, -0.2) is 0 Å². The fourth-order valence-electron chi connectivity index (χ4n) is 1.56. The largest absolute Gasteiger partial charge is 0.342 e. The minimum absolute atomic E-state index is 0.0624. The van der Waals surface area contributed by atoms with Gasteiger partial charge in [-0.15, -0.1) is 0 Å². The van der Waals surface area contributed by atoms with Crippen LogP contribution in [0.5, 0.6) is 0 Å². The molecule has 2 unspecified atom stereocenters. The lowest BCUT2D eigenvalue weighted by molar-refractivity contribution is -0.135. The Morgan fingerprint density at radius 2 is 1.93 bits per heavy atom. The smallest absolute Gasteiger partial charge is 0.226 e. The molecule has 0 aromatic rings. The Labute approximate surface area is 86.0 Å². The summed E-state index contributed by atoms with van der Waals surface area (Å²) in [6.07, 6.45) is 1.88. The first-order chi connectivity index (χ1) is 6.52. The van der Waals surface area contributed by atoms with Gasteiger partial charge in [0.05, 0.1) is 5.92 Å². The maximum atomic E-state index is 11.9. The number of nitrogens with two attached hydrogens (primary N) is 1. The van der Waals surface area contributed by atoms with Crippen molar-refractivity contribution in [1.82, 2.24) is 4.90 Å². The Morgan fingerprint density at radius 3 is 2.36 bits per heavy atom. The van der Waals surface area contributed by atoms with Crippen molar-refractivity contribution >= 4 is 5.91 Å². The third-order valence-electron chi connectivity index (χ3n) is 2.96. The second-order valence-corrected chi connectivity index (χ2v) is 4.22. The van der Waals surface area contributed by atoms with Crippen molar-refractivity contribution in [2.24, 2.45) is 11.7 Å². The van der Waals surface area contributed by atoms with Crippen molar-refractivity contribution in [2.75, 3.05) is 13.1 Å². The molecule has 2 atom stereocenters. The summed E-state index contributed by atoms with van der Waals surface area (Å²) in [5, 5.41) is 0. The van der Waals surface area contributed by atoms with Crippen LogP contribution < -0.4 is 5.73 Å². The number of carbonyl (C=O) groups is 1. The van der Waals surface area contributed by atoms with Crippen molar-refractivity contribution in [3.8, 4) is 0 Å². The van der Waals surface area contributed by atoms with E-state index in [1.54, 1.807) is 0 Å². The average Bonchev–Trinajstić information content (AvgIpc) is 2.16. The number of hydrogen-bond donors (Lipinski definition) is 1. The standard InChI is InChI=1S/C11H20N2O/c1-8-4-6-13(7-5-8)11(14)9(2)10(3)12/h9-10H,1,4-7,12H2,2-3H3. The first-order valence-electron chi connectivity index (χ1n) is 5.23. The van der Waals surface area contributed by atoms with Gasteiger partial charge < -0.3 is 10.6 Å². The van der Waals surface area contributed by atoms with Crippen LogP contribution in [0.15, 0.2) is 12.2 Å². The molecule has 1 aliphatic rings. The number of hydrogen-bond acceptors (Lipinski definition) is 2. The van der Waals surface area contributed by atoms with Crippen LogP contribution in [-0.4, -0.2) is 29.9 Å². The molecule has 0 spiro atoms. The number of rotatable bonds is 2. The molecule has 14 heavy (non-hydrogen) atoms. The second kappa shape index (κ2) is 4.60. The summed E-state index contributed by atoms with van der Waals surface area (Å²) in [6.45, 7) is 9.33. The molecule has 1 rings (SSSR count). The van der Waals surface area contributed by atoms with E-state index in [2.05, 4.69) is 6.58 Å². The van der Waals surface area contributed by atoms with Crippen LogP contribution in [0, 0.1) is 5.92 Å². The van der Waals surface area contributed by atoms with Crippen LogP contribution in [0.2, 0.25) is 0 Å². The van der Waals surface area contributed by atoms with Gasteiger partial charge in [-0.05, 0) is 19.8 Å². The highest BCUT2D eigenvalue weighted by Crippen LogP contribution is 2.16. The monoisotopic (exact) mass is 196 g/mol. The minimum atomic E-state index is -0.0682. The van der Waals surface area contributed by atoms with Crippen LogP contribution in [0.4, 0.5) is 0 Å². The predicted molar refractivity (Wildman–Crippen MR) is 57.8 cm³/mol. The maximum Gasteiger partial charge on any atom is 0.226 e. The fraction of sp³-hybridized carbons (Fsp3) is 0.727. The van der Waals surface area contributed by atoms with E-state index in [1.807, 2.05) is 18.7 Å². The molecule has 0 radical (unpaired) electrons. The van der Waals surface area contributed by atoms with Gasteiger partial charge in [-0.2, -0.15) is 0 Å². The van der Waals surface area contributed by atoms with Crippen molar-refractivity contribution < 1.29 is 4.79 Å². The van der Waals surface area contributed by atoms with E-state index >= 15 is 0 Å². The summed E-state index contributed by atoms with van der Waals surface area (Å²) in [4.78, 5) is 13.8. The zero-order valence-corrected chi connectivity index (χ0v) is 9.12. The van der Waals surface area contributed by atoms with E-state index in [1.165, 1.54) is 5.57 Å².